The number of aryl methyl sites for hydroxylation is 1. The van der Waals surface area contributed by atoms with Crippen LogP contribution < -0.4 is 5.32 Å². The number of furan rings is 1. The summed E-state index contributed by atoms with van der Waals surface area (Å²) in [5, 5.41) is 3.54. The minimum atomic E-state index is 0.144. The number of hydrogen-bond donors (Lipinski definition) is 1. The van der Waals surface area contributed by atoms with Crippen LogP contribution >= 0.6 is 0 Å². The Morgan fingerprint density at radius 2 is 2.05 bits per heavy atom. The van der Waals surface area contributed by atoms with E-state index >= 15 is 0 Å². The van der Waals surface area contributed by atoms with Gasteiger partial charge in [-0.1, -0.05) is 13.3 Å². The Kier molecular flexibility index (Phi) is 5.50. The first-order chi connectivity index (χ1) is 9.89. The maximum atomic E-state index is 5.99. The Morgan fingerprint density at radius 1 is 1.33 bits per heavy atom. The summed E-state index contributed by atoms with van der Waals surface area (Å²) in [6.45, 7) is 14.0. The first-order valence-corrected chi connectivity index (χ1v) is 8.46. The zero-order valence-corrected chi connectivity index (χ0v) is 14.5. The third-order valence-electron chi connectivity index (χ3n) is 4.10. The highest BCUT2D eigenvalue weighted by atomic mass is 16.3. The number of rotatable bonds is 8. The van der Waals surface area contributed by atoms with E-state index in [0.29, 0.717) is 0 Å². The average Bonchev–Trinajstić information content (AvgIpc) is 3.16. The molecule has 1 heterocycles. The fourth-order valence-corrected chi connectivity index (χ4v) is 2.59. The Hall–Kier alpha value is -0.800. The van der Waals surface area contributed by atoms with E-state index in [0.717, 1.165) is 30.7 Å². The van der Waals surface area contributed by atoms with E-state index in [4.69, 9.17) is 4.42 Å². The molecule has 2 rings (SSSR count). The fraction of sp³-hybridized carbons (Fsp3) is 0.778. The van der Waals surface area contributed by atoms with Crippen LogP contribution in [0.3, 0.4) is 0 Å². The maximum absolute atomic E-state index is 5.99. The normalized spacial score (nSPS) is 15.9. The summed E-state index contributed by atoms with van der Waals surface area (Å²) >= 11 is 0. The lowest BCUT2D eigenvalue weighted by Gasteiger charge is -2.20. The van der Waals surface area contributed by atoms with Crippen LogP contribution in [-0.4, -0.2) is 23.0 Å². The summed E-state index contributed by atoms with van der Waals surface area (Å²) < 4.78 is 5.99. The Morgan fingerprint density at radius 3 is 2.62 bits per heavy atom. The lowest BCUT2D eigenvalue weighted by molar-refractivity contribution is 0.229. The summed E-state index contributed by atoms with van der Waals surface area (Å²) in [5.74, 6) is 2.19. The average molecular weight is 292 g/mol. The molecule has 1 saturated carbocycles. The molecule has 1 aliphatic carbocycles. The van der Waals surface area contributed by atoms with Gasteiger partial charge in [0.15, 0.2) is 0 Å². The number of nitrogens with zero attached hydrogens (tertiary/aromatic N) is 1. The summed E-state index contributed by atoms with van der Waals surface area (Å²) in [7, 11) is 0. The third-order valence-corrected chi connectivity index (χ3v) is 4.10. The minimum Gasteiger partial charge on any atom is -0.465 e. The van der Waals surface area contributed by atoms with E-state index < -0.39 is 0 Å². The van der Waals surface area contributed by atoms with Crippen LogP contribution in [0.4, 0.5) is 0 Å². The molecule has 0 bridgehead atoms. The zero-order valence-electron chi connectivity index (χ0n) is 14.5. The molecule has 1 fully saturated rings. The van der Waals surface area contributed by atoms with E-state index in [1.165, 1.54) is 37.8 Å². The Labute approximate surface area is 130 Å². The quantitative estimate of drug-likeness (QED) is 0.777. The van der Waals surface area contributed by atoms with E-state index in [-0.39, 0.29) is 5.54 Å². The van der Waals surface area contributed by atoms with Crippen molar-refractivity contribution in [2.45, 2.75) is 85.0 Å². The van der Waals surface area contributed by atoms with Crippen molar-refractivity contribution in [3.8, 4) is 0 Å². The fourth-order valence-electron chi connectivity index (χ4n) is 2.59. The van der Waals surface area contributed by atoms with Gasteiger partial charge in [0.25, 0.3) is 0 Å². The van der Waals surface area contributed by atoms with Crippen LogP contribution in [0.15, 0.2) is 10.5 Å². The highest BCUT2D eigenvalue weighted by Gasteiger charge is 2.29. The molecule has 3 heteroatoms. The number of hydrogen-bond acceptors (Lipinski definition) is 3. The van der Waals surface area contributed by atoms with Gasteiger partial charge in [0.05, 0.1) is 6.54 Å². The van der Waals surface area contributed by atoms with Crippen LogP contribution in [0.5, 0.6) is 0 Å². The van der Waals surface area contributed by atoms with Gasteiger partial charge < -0.3 is 9.73 Å². The van der Waals surface area contributed by atoms with Gasteiger partial charge in [0, 0.05) is 23.7 Å². The zero-order chi connectivity index (χ0) is 15.5. The van der Waals surface area contributed by atoms with Crippen LogP contribution in [0.2, 0.25) is 0 Å². The molecule has 0 spiro atoms. The molecule has 1 N–H and O–H groups in total. The molecule has 0 saturated heterocycles. The molecule has 120 valence electrons. The molecule has 1 aromatic heterocycles. The molecule has 0 aliphatic heterocycles. The summed E-state index contributed by atoms with van der Waals surface area (Å²) in [5.41, 5.74) is 1.44. The molecule has 3 nitrogen and oxygen atoms in total. The van der Waals surface area contributed by atoms with Gasteiger partial charge >= 0.3 is 0 Å². The van der Waals surface area contributed by atoms with Crippen molar-refractivity contribution in [2.24, 2.45) is 0 Å². The van der Waals surface area contributed by atoms with Gasteiger partial charge in [0.1, 0.15) is 11.5 Å². The van der Waals surface area contributed by atoms with Crippen molar-refractivity contribution in [2.75, 3.05) is 6.54 Å². The molecule has 0 unspecified atom stereocenters. The molecule has 0 radical (unpaired) electrons. The SMILES string of the molecule is CCCCN(Cc1cc(CNC(C)(C)C)c(C)o1)C1CC1. The van der Waals surface area contributed by atoms with Gasteiger partial charge in [-0.15, -0.1) is 0 Å². The lowest BCUT2D eigenvalue weighted by atomic mass is 10.1. The minimum absolute atomic E-state index is 0.144. The molecular weight excluding hydrogens is 260 g/mol. The Balaban J connectivity index is 1.93. The highest BCUT2D eigenvalue weighted by Crippen LogP contribution is 2.29. The maximum Gasteiger partial charge on any atom is 0.118 e. The molecule has 1 aromatic rings. The highest BCUT2D eigenvalue weighted by molar-refractivity contribution is 5.21. The predicted molar refractivity (Wildman–Crippen MR) is 88.4 cm³/mol. The first-order valence-electron chi connectivity index (χ1n) is 8.46. The van der Waals surface area contributed by atoms with Gasteiger partial charge in [0.2, 0.25) is 0 Å². The second-order valence-corrected chi connectivity index (χ2v) is 7.45. The monoisotopic (exact) mass is 292 g/mol. The van der Waals surface area contributed by atoms with Crippen molar-refractivity contribution in [1.82, 2.24) is 10.2 Å². The van der Waals surface area contributed by atoms with E-state index in [1.807, 2.05) is 0 Å². The standard InChI is InChI=1S/C18H32N2O/c1-6-7-10-20(16-8-9-16)13-17-11-15(14(2)21-17)12-19-18(3,4)5/h11,16,19H,6-10,12-13H2,1-5H3. The van der Waals surface area contributed by atoms with Gasteiger partial charge in [-0.05, 0) is 59.6 Å². The molecule has 0 amide bonds. The predicted octanol–water partition coefficient (Wildman–Crippen LogP) is 4.24. The first kappa shape index (κ1) is 16.6. The molecule has 0 aromatic carbocycles. The van der Waals surface area contributed by atoms with Crippen molar-refractivity contribution in [3.05, 3.63) is 23.2 Å². The van der Waals surface area contributed by atoms with Crippen molar-refractivity contribution < 1.29 is 4.42 Å². The number of unbranched alkanes of at least 4 members (excludes halogenated alkanes) is 1. The summed E-state index contributed by atoms with van der Waals surface area (Å²) in [4.78, 5) is 2.60. The summed E-state index contributed by atoms with van der Waals surface area (Å²) in [6.07, 6.45) is 5.28. The molecule has 0 atom stereocenters. The van der Waals surface area contributed by atoms with Crippen molar-refractivity contribution in [1.29, 1.82) is 0 Å². The van der Waals surface area contributed by atoms with Crippen molar-refractivity contribution in [3.63, 3.8) is 0 Å². The Bertz CT molecular complexity index is 441. The van der Waals surface area contributed by atoms with Crippen LogP contribution in [-0.2, 0) is 13.1 Å². The van der Waals surface area contributed by atoms with Crippen LogP contribution in [0, 0.1) is 6.92 Å². The smallest absolute Gasteiger partial charge is 0.118 e. The summed E-state index contributed by atoms with van der Waals surface area (Å²) in [6, 6.07) is 3.05. The van der Waals surface area contributed by atoms with Crippen LogP contribution in [0.25, 0.3) is 0 Å². The van der Waals surface area contributed by atoms with Gasteiger partial charge in [-0.2, -0.15) is 0 Å². The second-order valence-electron chi connectivity index (χ2n) is 7.45. The molecule has 21 heavy (non-hydrogen) atoms. The van der Waals surface area contributed by atoms with Gasteiger partial charge in [-0.3, -0.25) is 4.90 Å². The number of nitrogens with one attached hydrogen (secondary N) is 1. The van der Waals surface area contributed by atoms with Crippen molar-refractivity contribution >= 4 is 0 Å². The second kappa shape index (κ2) is 6.97. The lowest BCUT2D eigenvalue weighted by Crippen LogP contribution is -2.35. The molecule has 1 aliphatic rings. The van der Waals surface area contributed by atoms with E-state index in [9.17, 15) is 0 Å². The molecular formula is C18H32N2O. The van der Waals surface area contributed by atoms with Crippen LogP contribution in [0.1, 0.15) is 70.5 Å². The van der Waals surface area contributed by atoms with Gasteiger partial charge in [-0.25, -0.2) is 0 Å². The third kappa shape index (κ3) is 5.48. The topological polar surface area (TPSA) is 28.4 Å². The van der Waals surface area contributed by atoms with E-state index in [1.54, 1.807) is 0 Å². The van der Waals surface area contributed by atoms with E-state index in [2.05, 4.69) is 50.9 Å². The largest absolute Gasteiger partial charge is 0.465 e.